The van der Waals surface area contributed by atoms with Crippen molar-refractivity contribution in [1.29, 1.82) is 0 Å². The van der Waals surface area contributed by atoms with E-state index in [1.165, 1.54) is 0 Å². The van der Waals surface area contributed by atoms with Crippen molar-refractivity contribution < 1.29 is 22.6 Å². The molecular weight excluding hydrogens is 345 g/mol. The number of hydrogen-bond donors (Lipinski definition) is 1. The van der Waals surface area contributed by atoms with Gasteiger partial charge >= 0.3 is 6.18 Å². The highest BCUT2D eigenvalue weighted by molar-refractivity contribution is 5.65. The van der Waals surface area contributed by atoms with Crippen molar-refractivity contribution in [3.8, 4) is 11.5 Å². The number of aryl methyl sites for hydroxylation is 2. The van der Waals surface area contributed by atoms with E-state index >= 15 is 0 Å². The fraction of sp³-hybridized carbons (Fsp3) is 0.368. The SMILES string of the molecule is CCOc1ccc2c(c1)CCc1cc(OCC(F)(F)F)ccc1N(C)N2. The molecule has 0 saturated heterocycles. The van der Waals surface area contributed by atoms with Gasteiger partial charge in [0.1, 0.15) is 11.5 Å². The molecule has 140 valence electrons. The fourth-order valence-electron chi connectivity index (χ4n) is 3.00. The van der Waals surface area contributed by atoms with Crippen LogP contribution in [0.4, 0.5) is 24.5 Å². The van der Waals surface area contributed by atoms with Crippen LogP contribution in [0.2, 0.25) is 0 Å². The van der Waals surface area contributed by atoms with Gasteiger partial charge in [0.15, 0.2) is 6.61 Å². The van der Waals surface area contributed by atoms with Crippen molar-refractivity contribution in [2.75, 3.05) is 30.7 Å². The molecule has 0 bridgehead atoms. The van der Waals surface area contributed by atoms with E-state index in [4.69, 9.17) is 9.47 Å². The maximum Gasteiger partial charge on any atom is 0.422 e. The first-order valence-electron chi connectivity index (χ1n) is 8.44. The van der Waals surface area contributed by atoms with E-state index in [0.29, 0.717) is 13.0 Å². The lowest BCUT2D eigenvalue weighted by Crippen LogP contribution is -2.28. The lowest BCUT2D eigenvalue weighted by atomic mass is 9.99. The second-order valence-electron chi connectivity index (χ2n) is 6.12. The zero-order valence-corrected chi connectivity index (χ0v) is 14.7. The normalized spacial score (nSPS) is 13.8. The minimum Gasteiger partial charge on any atom is -0.494 e. The lowest BCUT2D eigenvalue weighted by molar-refractivity contribution is -0.153. The molecule has 0 radical (unpaired) electrons. The summed E-state index contributed by atoms with van der Waals surface area (Å²) in [6, 6.07) is 10.9. The second kappa shape index (κ2) is 7.35. The van der Waals surface area contributed by atoms with E-state index in [0.717, 1.165) is 34.7 Å². The highest BCUT2D eigenvalue weighted by Crippen LogP contribution is 2.32. The molecule has 0 atom stereocenters. The van der Waals surface area contributed by atoms with Crippen LogP contribution >= 0.6 is 0 Å². The van der Waals surface area contributed by atoms with Gasteiger partial charge in [0.2, 0.25) is 0 Å². The Kier molecular flexibility index (Phi) is 5.15. The van der Waals surface area contributed by atoms with Crippen LogP contribution in [0.25, 0.3) is 0 Å². The van der Waals surface area contributed by atoms with E-state index in [1.54, 1.807) is 18.2 Å². The second-order valence-corrected chi connectivity index (χ2v) is 6.12. The first-order chi connectivity index (χ1) is 12.4. The summed E-state index contributed by atoms with van der Waals surface area (Å²) in [5.41, 5.74) is 7.23. The zero-order chi connectivity index (χ0) is 18.7. The van der Waals surface area contributed by atoms with E-state index in [1.807, 2.05) is 37.2 Å². The Labute approximate surface area is 150 Å². The maximum atomic E-state index is 12.4. The van der Waals surface area contributed by atoms with Gasteiger partial charge in [-0.05, 0) is 67.3 Å². The standard InChI is InChI=1S/C19H21F3N2O2/c1-3-25-15-6-8-17-13(10-15)4-5-14-11-16(26-12-19(20,21)22)7-9-18(14)24(2)23-17/h6-11,23H,3-5,12H2,1-2H3. The fourth-order valence-corrected chi connectivity index (χ4v) is 3.00. The Hall–Kier alpha value is -2.57. The minimum absolute atomic E-state index is 0.221. The van der Waals surface area contributed by atoms with Crippen molar-refractivity contribution in [2.24, 2.45) is 0 Å². The number of anilines is 2. The van der Waals surface area contributed by atoms with Crippen LogP contribution in [-0.2, 0) is 12.8 Å². The molecule has 0 unspecified atom stereocenters. The average Bonchev–Trinajstić information content (AvgIpc) is 2.58. The number of ether oxygens (including phenoxy) is 2. The van der Waals surface area contributed by atoms with Crippen molar-refractivity contribution in [3.63, 3.8) is 0 Å². The van der Waals surface area contributed by atoms with E-state index in [-0.39, 0.29) is 5.75 Å². The molecule has 7 heteroatoms. The van der Waals surface area contributed by atoms with Gasteiger partial charge < -0.3 is 9.47 Å². The topological polar surface area (TPSA) is 33.7 Å². The third-order valence-electron chi connectivity index (χ3n) is 4.15. The van der Waals surface area contributed by atoms with Crippen LogP contribution in [0, 0.1) is 0 Å². The van der Waals surface area contributed by atoms with E-state index in [2.05, 4.69) is 5.43 Å². The third kappa shape index (κ3) is 4.33. The molecular formula is C19H21F3N2O2. The van der Waals surface area contributed by atoms with Crippen LogP contribution < -0.4 is 19.9 Å². The lowest BCUT2D eigenvalue weighted by Gasteiger charge is -2.29. The summed E-state index contributed by atoms with van der Waals surface area (Å²) in [6.07, 6.45) is -2.92. The van der Waals surface area contributed by atoms with Crippen molar-refractivity contribution >= 4 is 11.4 Å². The Morgan fingerprint density at radius 3 is 2.38 bits per heavy atom. The molecule has 1 N–H and O–H groups in total. The number of halogens is 3. The number of nitrogens with zero attached hydrogens (tertiary/aromatic N) is 1. The first-order valence-corrected chi connectivity index (χ1v) is 8.44. The number of rotatable bonds is 4. The van der Waals surface area contributed by atoms with Gasteiger partial charge in [-0.3, -0.25) is 10.4 Å². The van der Waals surface area contributed by atoms with Crippen molar-refractivity contribution in [2.45, 2.75) is 25.9 Å². The van der Waals surface area contributed by atoms with Crippen molar-refractivity contribution in [3.05, 3.63) is 47.5 Å². The Balaban J connectivity index is 1.83. The molecule has 26 heavy (non-hydrogen) atoms. The molecule has 1 aliphatic heterocycles. The summed E-state index contributed by atoms with van der Waals surface area (Å²) in [5, 5.41) is 1.86. The Morgan fingerprint density at radius 1 is 1.00 bits per heavy atom. The summed E-state index contributed by atoms with van der Waals surface area (Å²) in [7, 11) is 1.88. The van der Waals surface area contributed by atoms with Gasteiger partial charge in [-0.15, -0.1) is 0 Å². The van der Waals surface area contributed by atoms with Gasteiger partial charge in [0, 0.05) is 7.05 Å². The quantitative estimate of drug-likeness (QED) is 0.858. The summed E-state index contributed by atoms with van der Waals surface area (Å²) >= 11 is 0. The number of hydrogen-bond acceptors (Lipinski definition) is 4. The number of nitrogens with one attached hydrogen (secondary N) is 1. The molecule has 0 saturated carbocycles. The van der Waals surface area contributed by atoms with Crippen molar-refractivity contribution in [1.82, 2.24) is 0 Å². The number of fused-ring (bicyclic) bond motifs is 2. The molecule has 0 amide bonds. The summed E-state index contributed by atoms with van der Waals surface area (Å²) in [5.74, 6) is 1.03. The average molecular weight is 366 g/mol. The Morgan fingerprint density at radius 2 is 1.65 bits per heavy atom. The molecule has 1 heterocycles. The van der Waals surface area contributed by atoms with E-state index in [9.17, 15) is 13.2 Å². The largest absolute Gasteiger partial charge is 0.494 e. The van der Waals surface area contributed by atoms with Crippen LogP contribution in [0.15, 0.2) is 36.4 Å². The number of benzene rings is 2. The highest BCUT2D eigenvalue weighted by Gasteiger charge is 2.28. The third-order valence-corrected chi connectivity index (χ3v) is 4.15. The van der Waals surface area contributed by atoms with E-state index < -0.39 is 12.8 Å². The highest BCUT2D eigenvalue weighted by atomic mass is 19.4. The molecule has 4 nitrogen and oxygen atoms in total. The predicted molar refractivity (Wildman–Crippen MR) is 95.0 cm³/mol. The predicted octanol–water partition coefficient (Wildman–Crippen LogP) is 4.59. The van der Waals surface area contributed by atoms with Gasteiger partial charge in [0.25, 0.3) is 0 Å². The number of hydrazine groups is 1. The molecule has 0 spiro atoms. The summed E-state index contributed by atoms with van der Waals surface area (Å²) < 4.78 is 47.6. The van der Waals surface area contributed by atoms with Crippen LogP contribution in [-0.4, -0.2) is 26.4 Å². The molecule has 2 aromatic carbocycles. The van der Waals surface area contributed by atoms with Crippen LogP contribution in [0.3, 0.4) is 0 Å². The van der Waals surface area contributed by atoms with Gasteiger partial charge in [-0.1, -0.05) is 0 Å². The summed E-state index contributed by atoms with van der Waals surface area (Å²) in [6.45, 7) is 1.23. The smallest absolute Gasteiger partial charge is 0.422 e. The molecule has 2 aromatic rings. The molecule has 1 aliphatic rings. The maximum absolute atomic E-state index is 12.4. The van der Waals surface area contributed by atoms with Crippen LogP contribution in [0.5, 0.6) is 11.5 Å². The van der Waals surface area contributed by atoms with Gasteiger partial charge in [-0.25, -0.2) is 0 Å². The molecule has 0 aromatic heterocycles. The number of alkyl halides is 3. The molecule has 0 aliphatic carbocycles. The van der Waals surface area contributed by atoms with Gasteiger partial charge in [-0.2, -0.15) is 13.2 Å². The Bertz CT molecular complexity index is 778. The zero-order valence-electron chi connectivity index (χ0n) is 14.7. The molecule has 0 fully saturated rings. The molecule has 3 rings (SSSR count). The van der Waals surface area contributed by atoms with Crippen LogP contribution in [0.1, 0.15) is 18.1 Å². The minimum atomic E-state index is -4.35. The monoisotopic (exact) mass is 366 g/mol. The van der Waals surface area contributed by atoms with Gasteiger partial charge in [0.05, 0.1) is 18.0 Å². The first kappa shape index (κ1) is 18.2. The summed E-state index contributed by atoms with van der Waals surface area (Å²) in [4.78, 5) is 0.